The van der Waals surface area contributed by atoms with Crippen molar-refractivity contribution >= 4 is 17.3 Å². The molecule has 1 aliphatic heterocycles. The van der Waals surface area contributed by atoms with E-state index in [1.165, 1.54) is 7.11 Å². The van der Waals surface area contributed by atoms with Crippen molar-refractivity contribution in [2.45, 2.75) is 12.5 Å². The first kappa shape index (κ1) is 16.1. The largest absolute Gasteiger partial charge is 0.465 e. The number of rotatable bonds is 5. The zero-order valence-corrected chi connectivity index (χ0v) is 13.9. The van der Waals surface area contributed by atoms with E-state index in [1.54, 1.807) is 11.3 Å². The van der Waals surface area contributed by atoms with Crippen molar-refractivity contribution in [1.82, 2.24) is 9.88 Å². The van der Waals surface area contributed by atoms with E-state index < -0.39 is 0 Å². The number of ether oxygens (including phenoxy) is 2. The molecule has 1 aliphatic rings. The summed E-state index contributed by atoms with van der Waals surface area (Å²) >= 11 is 1.63. The number of carbonyl (C=O) groups excluding carboxylic acids is 1. The number of benzene rings is 1. The molecule has 0 bridgehead atoms. The molecule has 1 aromatic carbocycles. The van der Waals surface area contributed by atoms with Gasteiger partial charge in [-0.15, -0.1) is 11.3 Å². The maximum absolute atomic E-state index is 11.8. The lowest BCUT2D eigenvalue weighted by Crippen LogP contribution is -2.39. The van der Waals surface area contributed by atoms with Gasteiger partial charge in [-0.25, -0.2) is 9.78 Å². The van der Waals surface area contributed by atoms with Gasteiger partial charge in [-0.1, -0.05) is 18.2 Å². The average molecular weight is 332 g/mol. The Bertz CT molecular complexity index is 645. The van der Waals surface area contributed by atoms with Crippen molar-refractivity contribution in [2.24, 2.45) is 0 Å². The molecule has 0 unspecified atom stereocenters. The van der Waals surface area contributed by atoms with E-state index in [1.807, 2.05) is 35.8 Å². The van der Waals surface area contributed by atoms with Gasteiger partial charge in [0.2, 0.25) is 0 Å². The molecule has 0 radical (unpaired) electrons. The molecule has 2 aromatic rings. The Balaban J connectivity index is 1.61. The van der Waals surface area contributed by atoms with Crippen molar-refractivity contribution in [2.75, 3.05) is 33.4 Å². The molecule has 122 valence electrons. The number of hydrogen-bond donors (Lipinski definition) is 0. The van der Waals surface area contributed by atoms with Crippen LogP contribution in [-0.2, 0) is 15.9 Å². The fraction of sp³-hybridized carbons (Fsp3) is 0.412. The molecule has 1 aromatic heterocycles. The second kappa shape index (κ2) is 7.68. The van der Waals surface area contributed by atoms with Gasteiger partial charge in [0, 0.05) is 31.2 Å². The molecule has 2 heterocycles. The number of esters is 1. The highest BCUT2D eigenvalue weighted by atomic mass is 32.1. The molecular formula is C17H20N2O3S. The second-order valence-electron chi connectivity index (χ2n) is 5.43. The van der Waals surface area contributed by atoms with Crippen LogP contribution in [0, 0.1) is 0 Å². The zero-order valence-electron chi connectivity index (χ0n) is 13.1. The highest BCUT2D eigenvalue weighted by molar-refractivity contribution is 7.09. The van der Waals surface area contributed by atoms with Crippen LogP contribution in [0.25, 0.3) is 0 Å². The molecule has 1 fully saturated rings. The summed E-state index contributed by atoms with van der Waals surface area (Å²) in [5.41, 5.74) is 1.68. The molecule has 6 heteroatoms. The third-order valence-electron chi connectivity index (χ3n) is 4.00. The minimum atomic E-state index is -0.275. The summed E-state index contributed by atoms with van der Waals surface area (Å²) in [6, 6.07) is 7.63. The standard InChI is InChI=1S/C17H20N2O3S/c1-21-17(20)14-5-3-2-4-13(14)6-8-19-9-10-22-15(12-19)16-18-7-11-23-16/h2-5,7,11,15H,6,8-10,12H2,1H3/t15-/m0/s1. The lowest BCUT2D eigenvalue weighted by atomic mass is 10.0. The highest BCUT2D eigenvalue weighted by Crippen LogP contribution is 2.24. The summed E-state index contributed by atoms with van der Waals surface area (Å²) < 4.78 is 10.7. The molecule has 0 aliphatic carbocycles. The predicted octanol–water partition coefficient (Wildman–Crippen LogP) is 2.55. The van der Waals surface area contributed by atoms with Crippen LogP contribution in [0.2, 0.25) is 0 Å². The van der Waals surface area contributed by atoms with E-state index in [0.29, 0.717) is 12.2 Å². The van der Waals surface area contributed by atoms with Gasteiger partial charge in [0.05, 0.1) is 19.3 Å². The minimum absolute atomic E-state index is 0.0552. The Morgan fingerprint density at radius 1 is 1.48 bits per heavy atom. The quantitative estimate of drug-likeness (QED) is 0.788. The molecule has 0 saturated carbocycles. The van der Waals surface area contributed by atoms with Gasteiger partial charge in [0.15, 0.2) is 0 Å². The van der Waals surface area contributed by atoms with Crippen LogP contribution in [0.1, 0.15) is 27.0 Å². The van der Waals surface area contributed by atoms with Gasteiger partial charge in [0.1, 0.15) is 11.1 Å². The van der Waals surface area contributed by atoms with Gasteiger partial charge in [-0.2, -0.15) is 0 Å². The molecule has 1 atom stereocenters. The summed E-state index contributed by atoms with van der Waals surface area (Å²) in [7, 11) is 1.42. The van der Waals surface area contributed by atoms with Crippen LogP contribution >= 0.6 is 11.3 Å². The van der Waals surface area contributed by atoms with Crippen molar-refractivity contribution in [3.63, 3.8) is 0 Å². The summed E-state index contributed by atoms with van der Waals surface area (Å²) in [6.45, 7) is 3.35. The topological polar surface area (TPSA) is 51.7 Å². The Morgan fingerprint density at radius 2 is 2.35 bits per heavy atom. The molecule has 0 N–H and O–H groups in total. The SMILES string of the molecule is COC(=O)c1ccccc1CCN1CCO[C@H](c2nccs2)C1. The van der Waals surface area contributed by atoms with Crippen LogP contribution in [0.15, 0.2) is 35.8 Å². The Labute approximate surface area is 139 Å². The van der Waals surface area contributed by atoms with Crippen LogP contribution in [-0.4, -0.2) is 49.2 Å². The Kier molecular flexibility index (Phi) is 5.38. The zero-order chi connectivity index (χ0) is 16.1. The summed E-state index contributed by atoms with van der Waals surface area (Å²) in [6.07, 6.45) is 2.68. The third-order valence-corrected chi connectivity index (χ3v) is 4.87. The van der Waals surface area contributed by atoms with Gasteiger partial charge in [-0.05, 0) is 18.1 Å². The number of carbonyl (C=O) groups is 1. The summed E-state index contributed by atoms with van der Waals surface area (Å²) in [5.74, 6) is -0.275. The maximum Gasteiger partial charge on any atom is 0.338 e. The van der Waals surface area contributed by atoms with E-state index in [9.17, 15) is 4.79 Å². The van der Waals surface area contributed by atoms with Crippen LogP contribution in [0.3, 0.4) is 0 Å². The van der Waals surface area contributed by atoms with Gasteiger partial charge in [-0.3, -0.25) is 4.90 Å². The minimum Gasteiger partial charge on any atom is -0.465 e. The number of methoxy groups -OCH3 is 1. The molecule has 3 rings (SSSR count). The third kappa shape index (κ3) is 3.96. The predicted molar refractivity (Wildman–Crippen MR) is 88.7 cm³/mol. The van der Waals surface area contributed by atoms with Crippen LogP contribution in [0.5, 0.6) is 0 Å². The highest BCUT2D eigenvalue weighted by Gasteiger charge is 2.23. The Morgan fingerprint density at radius 3 is 3.13 bits per heavy atom. The van der Waals surface area contributed by atoms with Crippen LogP contribution in [0.4, 0.5) is 0 Å². The number of aromatic nitrogens is 1. The summed E-state index contributed by atoms with van der Waals surface area (Å²) in [5, 5.41) is 3.01. The second-order valence-corrected chi connectivity index (χ2v) is 6.36. The van der Waals surface area contributed by atoms with Crippen molar-refractivity contribution in [3.05, 3.63) is 52.0 Å². The fourth-order valence-corrected chi connectivity index (χ4v) is 3.45. The van der Waals surface area contributed by atoms with Crippen molar-refractivity contribution in [3.8, 4) is 0 Å². The van der Waals surface area contributed by atoms with E-state index in [4.69, 9.17) is 9.47 Å². The first-order chi connectivity index (χ1) is 11.3. The van der Waals surface area contributed by atoms with E-state index in [2.05, 4.69) is 9.88 Å². The normalized spacial score (nSPS) is 18.7. The molecule has 23 heavy (non-hydrogen) atoms. The van der Waals surface area contributed by atoms with Gasteiger partial charge < -0.3 is 9.47 Å². The smallest absolute Gasteiger partial charge is 0.338 e. The van der Waals surface area contributed by atoms with E-state index in [0.717, 1.165) is 36.6 Å². The number of hydrogen-bond acceptors (Lipinski definition) is 6. The molecule has 1 saturated heterocycles. The average Bonchev–Trinajstić information content (AvgIpc) is 3.14. The van der Waals surface area contributed by atoms with Crippen molar-refractivity contribution < 1.29 is 14.3 Å². The number of morpholine rings is 1. The fourth-order valence-electron chi connectivity index (χ4n) is 2.77. The van der Waals surface area contributed by atoms with Crippen molar-refractivity contribution in [1.29, 1.82) is 0 Å². The molecule has 0 spiro atoms. The molecular weight excluding hydrogens is 312 g/mol. The first-order valence-corrected chi connectivity index (χ1v) is 8.55. The van der Waals surface area contributed by atoms with Gasteiger partial charge >= 0.3 is 5.97 Å². The molecule has 0 amide bonds. The van der Waals surface area contributed by atoms with Gasteiger partial charge in [0.25, 0.3) is 0 Å². The number of nitrogens with zero attached hydrogens (tertiary/aromatic N) is 2. The van der Waals surface area contributed by atoms with E-state index >= 15 is 0 Å². The maximum atomic E-state index is 11.8. The molecule has 5 nitrogen and oxygen atoms in total. The Hall–Kier alpha value is -1.76. The van der Waals surface area contributed by atoms with Crippen LogP contribution < -0.4 is 0 Å². The summed E-state index contributed by atoms with van der Waals surface area (Å²) in [4.78, 5) is 18.5. The lowest BCUT2D eigenvalue weighted by Gasteiger charge is -2.32. The lowest BCUT2D eigenvalue weighted by molar-refractivity contribution is -0.0296. The monoisotopic (exact) mass is 332 g/mol. The number of thiazole rings is 1. The first-order valence-electron chi connectivity index (χ1n) is 7.67. The van der Waals surface area contributed by atoms with E-state index in [-0.39, 0.29) is 12.1 Å².